The summed E-state index contributed by atoms with van der Waals surface area (Å²) in [5.74, 6) is 1.24. The topological polar surface area (TPSA) is 74.2 Å². The molecular weight excluding hydrogens is 444 g/mol. The molecule has 3 saturated heterocycles. The van der Waals surface area contributed by atoms with Crippen molar-refractivity contribution in [1.82, 2.24) is 0 Å². The van der Waals surface area contributed by atoms with Crippen molar-refractivity contribution in [2.24, 2.45) is 17.8 Å². The number of aryl methyl sites for hydroxylation is 1. The van der Waals surface area contributed by atoms with Crippen molar-refractivity contribution < 1.29 is 28.8 Å². The molecule has 1 aromatic carbocycles. The van der Waals surface area contributed by atoms with E-state index in [9.17, 15) is 4.79 Å². The van der Waals surface area contributed by atoms with Gasteiger partial charge in [0.15, 0.2) is 12.6 Å². The minimum absolute atomic E-state index is 0.0345. The zero-order valence-corrected chi connectivity index (χ0v) is 21.1. The summed E-state index contributed by atoms with van der Waals surface area (Å²) in [6.07, 6.45) is 13.9. The molecule has 0 bridgehead atoms. The third-order valence-corrected chi connectivity index (χ3v) is 7.65. The summed E-state index contributed by atoms with van der Waals surface area (Å²) in [6, 6.07) is 10.6. The fourth-order valence-electron chi connectivity index (χ4n) is 5.67. The van der Waals surface area contributed by atoms with Crippen LogP contribution >= 0.6 is 0 Å². The van der Waals surface area contributed by atoms with E-state index in [1.54, 1.807) is 0 Å². The van der Waals surface area contributed by atoms with Crippen LogP contribution in [0.2, 0.25) is 0 Å². The number of rotatable bonds is 7. The van der Waals surface area contributed by atoms with E-state index in [2.05, 4.69) is 49.4 Å². The van der Waals surface area contributed by atoms with Gasteiger partial charge >= 0.3 is 5.97 Å². The van der Waals surface area contributed by atoms with Crippen molar-refractivity contribution in [1.29, 1.82) is 0 Å². The Bertz CT molecular complexity index is 784. The van der Waals surface area contributed by atoms with Crippen LogP contribution in [0.25, 0.3) is 0 Å². The molecule has 0 spiro atoms. The lowest BCUT2D eigenvalue weighted by Gasteiger charge is -2.27. The summed E-state index contributed by atoms with van der Waals surface area (Å²) in [5.41, 5.74) is 1.33. The molecule has 35 heavy (non-hydrogen) atoms. The number of hydrogen-bond donors (Lipinski definition) is 1. The van der Waals surface area contributed by atoms with Gasteiger partial charge in [0.1, 0.15) is 6.10 Å². The molecule has 0 aromatic heterocycles. The van der Waals surface area contributed by atoms with Gasteiger partial charge in [0.05, 0.1) is 12.5 Å². The molecule has 0 amide bonds. The highest BCUT2D eigenvalue weighted by molar-refractivity contribution is 5.72. The van der Waals surface area contributed by atoms with E-state index < -0.39 is 6.29 Å². The molecule has 4 fully saturated rings. The van der Waals surface area contributed by atoms with Gasteiger partial charge in [0, 0.05) is 19.1 Å². The Hall–Kier alpha value is -1.73. The number of fused-ring (bicyclic) bond motifs is 1. The normalized spacial score (nSPS) is 33.6. The fraction of sp³-hybridized carbons (Fsp3) is 0.690. The molecule has 1 aliphatic carbocycles. The predicted octanol–water partition coefficient (Wildman–Crippen LogP) is 5.18. The number of allylic oxidation sites excluding steroid dienone is 1. The number of carbonyl (C=O) groups excluding carboxylic acids is 1. The second kappa shape index (κ2) is 13.5. The Morgan fingerprint density at radius 1 is 1.09 bits per heavy atom. The van der Waals surface area contributed by atoms with E-state index in [1.807, 2.05) is 0 Å². The maximum atomic E-state index is 11.7. The van der Waals surface area contributed by atoms with Crippen LogP contribution in [-0.4, -0.2) is 49.1 Å². The van der Waals surface area contributed by atoms with Crippen molar-refractivity contribution in [3.8, 4) is 0 Å². The van der Waals surface area contributed by atoms with Gasteiger partial charge in [-0.2, -0.15) is 0 Å². The Morgan fingerprint density at radius 3 is 2.51 bits per heavy atom. The number of esters is 1. The molecule has 1 saturated carbocycles. The first-order valence-corrected chi connectivity index (χ1v) is 13.6. The number of aliphatic hydroxyl groups is 1. The monoisotopic (exact) mass is 486 g/mol. The number of ether oxygens (including phenoxy) is 4. The van der Waals surface area contributed by atoms with E-state index in [1.165, 1.54) is 12.0 Å². The van der Waals surface area contributed by atoms with Gasteiger partial charge in [0.2, 0.25) is 0 Å². The highest BCUT2D eigenvalue weighted by Gasteiger charge is 2.47. The van der Waals surface area contributed by atoms with Gasteiger partial charge in [0.25, 0.3) is 0 Å². The van der Waals surface area contributed by atoms with Crippen molar-refractivity contribution in [2.45, 2.75) is 95.9 Å². The average Bonchev–Trinajstić information content (AvgIpc) is 3.37. The second-order valence-corrected chi connectivity index (χ2v) is 10.4. The fourth-order valence-corrected chi connectivity index (χ4v) is 5.67. The molecular formula is C29H42O6. The van der Waals surface area contributed by atoms with E-state index in [4.69, 9.17) is 24.1 Å². The number of benzene rings is 1. The van der Waals surface area contributed by atoms with E-state index in [-0.39, 0.29) is 24.5 Å². The lowest BCUT2D eigenvalue weighted by atomic mass is 9.88. The van der Waals surface area contributed by atoms with Gasteiger partial charge in [-0.15, -0.1) is 0 Å². The summed E-state index contributed by atoms with van der Waals surface area (Å²) in [4.78, 5) is 11.7. The second-order valence-electron chi connectivity index (χ2n) is 10.4. The van der Waals surface area contributed by atoms with Crippen LogP contribution in [0.3, 0.4) is 0 Å². The van der Waals surface area contributed by atoms with Crippen LogP contribution in [0, 0.1) is 17.8 Å². The first-order chi connectivity index (χ1) is 17.1. The lowest BCUT2D eigenvalue weighted by Crippen LogP contribution is -2.27. The van der Waals surface area contributed by atoms with Gasteiger partial charge in [-0.05, 0) is 75.2 Å². The predicted molar refractivity (Wildman–Crippen MR) is 133 cm³/mol. The van der Waals surface area contributed by atoms with E-state index >= 15 is 0 Å². The van der Waals surface area contributed by atoms with E-state index in [0.717, 1.165) is 64.6 Å². The van der Waals surface area contributed by atoms with Crippen molar-refractivity contribution in [3.05, 3.63) is 48.0 Å². The molecule has 3 aliphatic heterocycles. The highest BCUT2D eigenvalue weighted by Crippen LogP contribution is 2.45. The summed E-state index contributed by atoms with van der Waals surface area (Å²) in [5, 5.41) is 8.69. The van der Waals surface area contributed by atoms with Crippen LogP contribution in [0.1, 0.15) is 70.3 Å². The SMILES string of the molecule is C[C@@H]1C[C@@H]2OC(=O)C[C@@H]2[C@H]1/C=C/[C@H](CCc1ccccc1)OC1CCCCO1.OC1CCCCO1. The minimum Gasteiger partial charge on any atom is -0.462 e. The van der Waals surface area contributed by atoms with Crippen molar-refractivity contribution in [2.75, 3.05) is 13.2 Å². The van der Waals surface area contributed by atoms with Crippen molar-refractivity contribution >= 4 is 5.97 Å². The van der Waals surface area contributed by atoms with Crippen LogP contribution in [0.15, 0.2) is 42.5 Å². The quantitative estimate of drug-likeness (QED) is 0.423. The van der Waals surface area contributed by atoms with Crippen LogP contribution in [-0.2, 0) is 30.2 Å². The van der Waals surface area contributed by atoms with Crippen LogP contribution in [0.5, 0.6) is 0 Å². The van der Waals surface area contributed by atoms with Gasteiger partial charge in [-0.1, -0.05) is 49.4 Å². The summed E-state index contributed by atoms with van der Waals surface area (Å²) in [7, 11) is 0. The maximum Gasteiger partial charge on any atom is 0.306 e. The number of hydrogen-bond acceptors (Lipinski definition) is 6. The number of aliphatic hydroxyl groups excluding tert-OH is 1. The first kappa shape index (κ1) is 26.3. The first-order valence-electron chi connectivity index (χ1n) is 13.6. The zero-order chi connectivity index (χ0) is 24.5. The maximum absolute atomic E-state index is 11.7. The number of carbonyl (C=O) groups is 1. The molecule has 194 valence electrons. The highest BCUT2D eigenvalue weighted by atomic mass is 16.7. The van der Waals surface area contributed by atoms with Crippen LogP contribution < -0.4 is 0 Å². The molecule has 6 heteroatoms. The Kier molecular flexibility index (Phi) is 10.2. The zero-order valence-electron chi connectivity index (χ0n) is 21.1. The third-order valence-electron chi connectivity index (χ3n) is 7.65. The minimum atomic E-state index is -0.464. The Labute approximate surface area is 210 Å². The molecule has 1 N–H and O–H groups in total. The molecule has 2 unspecified atom stereocenters. The molecule has 3 heterocycles. The Balaban J connectivity index is 0.000000356. The summed E-state index contributed by atoms with van der Waals surface area (Å²) in [6.45, 7) is 3.80. The molecule has 5 rings (SSSR count). The van der Waals surface area contributed by atoms with Gasteiger partial charge in [-0.3, -0.25) is 4.79 Å². The molecule has 1 aromatic rings. The summed E-state index contributed by atoms with van der Waals surface area (Å²) >= 11 is 0. The average molecular weight is 487 g/mol. The standard InChI is InChI=1S/C24H32O4.C5H10O2/c1-17-15-22-21(16-23(25)28-22)20(17)13-12-19(27-24-9-5-6-14-26-24)11-10-18-7-3-2-4-8-18;6-5-3-1-2-4-7-5/h2-4,7-8,12-13,17,19-22,24H,5-6,9-11,14-16H2,1H3;5-6H,1-4H2/b13-12+;/t17-,19+,20+,21-,22+,24?;/m1./s1. The van der Waals surface area contributed by atoms with Crippen molar-refractivity contribution in [3.63, 3.8) is 0 Å². The van der Waals surface area contributed by atoms with Gasteiger partial charge in [-0.25, -0.2) is 0 Å². The van der Waals surface area contributed by atoms with Crippen LogP contribution in [0.4, 0.5) is 0 Å². The molecule has 7 atom stereocenters. The molecule has 0 radical (unpaired) electrons. The lowest BCUT2D eigenvalue weighted by molar-refractivity contribution is -0.179. The molecule has 4 aliphatic rings. The third kappa shape index (κ3) is 8.14. The van der Waals surface area contributed by atoms with E-state index in [0.29, 0.717) is 24.2 Å². The Morgan fingerprint density at radius 2 is 1.86 bits per heavy atom. The molecule has 6 nitrogen and oxygen atoms in total. The van der Waals surface area contributed by atoms with Gasteiger partial charge < -0.3 is 24.1 Å². The largest absolute Gasteiger partial charge is 0.462 e. The smallest absolute Gasteiger partial charge is 0.306 e. The summed E-state index contributed by atoms with van der Waals surface area (Å²) < 4.78 is 22.5.